The number of Topliss-reactive ketones (excluding diaryl/α,β-unsaturated/α-hetero) is 1. The maximum atomic E-state index is 13.0. The number of aromatic nitrogens is 2. The molecule has 0 amide bonds. The highest BCUT2D eigenvalue weighted by Crippen LogP contribution is 2.27. The Labute approximate surface area is 163 Å². The summed E-state index contributed by atoms with van der Waals surface area (Å²) in [5.74, 6) is 0.397. The second-order valence-corrected chi connectivity index (χ2v) is 8.17. The van der Waals surface area contributed by atoms with Gasteiger partial charge in [-0.15, -0.1) is 0 Å². The molecule has 0 saturated heterocycles. The predicted octanol–water partition coefficient (Wildman–Crippen LogP) is 4.71. The van der Waals surface area contributed by atoms with Gasteiger partial charge in [-0.05, 0) is 49.9 Å². The number of carbonyl (C=O) groups excluding carboxylic acids is 1. The lowest BCUT2D eigenvalue weighted by molar-refractivity contribution is 0.102. The predicted molar refractivity (Wildman–Crippen MR) is 106 cm³/mol. The molecule has 27 heavy (non-hydrogen) atoms. The van der Waals surface area contributed by atoms with Crippen molar-refractivity contribution in [3.63, 3.8) is 0 Å². The average Bonchev–Trinajstić information content (AvgIpc) is 2.69. The number of nitrogens with one attached hydrogen (secondary N) is 1. The van der Waals surface area contributed by atoms with Crippen LogP contribution in [0.3, 0.4) is 0 Å². The molecule has 0 unspecified atom stereocenters. The van der Waals surface area contributed by atoms with Crippen LogP contribution < -0.4 is 5.56 Å². The summed E-state index contributed by atoms with van der Waals surface area (Å²) in [5, 5.41) is 0.472. The molecule has 0 spiro atoms. The van der Waals surface area contributed by atoms with E-state index in [4.69, 9.17) is 0 Å². The van der Waals surface area contributed by atoms with Crippen molar-refractivity contribution in [2.45, 2.75) is 57.0 Å². The van der Waals surface area contributed by atoms with Gasteiger partial charge < -0.3 is 4.98 Å². The molecular weight excluding hydrogens is 363 g/mol. The Hall–Kier alpha value is -1.95. The van der Waals surface area contributed by atoms with E-state index >= 15 is 0 Å². The Morgan fingerprint density at radius 1 is 1.22 bits per heavy atom. The zero-order valence-corrected chi connectivity index (χ0v) is 16.4. The van der Waals surface area contributed by atoms with Crippen LogP contribution in [-0.4, -0.2) is 21.5 Å². The molecule has 1 heterocycles. The van der Waals surface area contributed by atoms with Crippen LogP contribution in [0, 0.1) is 18.7 Å². The fraction of sp³-hybridized carbons (Fsp3) is 0.476. The molecule has 144 valence electrons. The Balaban J connectivity index is 1.63. The van der Waals surface area contributed by atoms with Crippen LogP contribution in [0.4, 0.5) is 4.39 Å². The van der Waals surface area contributed by atoms with Crippen LogP contribution in [0.1, 0.15) is 60.1 Å². The summed E-state index contributed by atoms with van der Waals surface area (Å²) in [6.07, 6.45) is 8.36. The number of ketones is 1. The minimum absolute atomic E-state index is 0.119. The number of thioether (sulfide) groups is 1. The van der Waals surface area contributed by atoms with Gasteiger partial charge in [0.2, 0.25) is 0 Å². The van der Waals surface area contributed by atoms with Gasteiger partial charge in [-0.2, -0.15) is 0 Å². The lowest BCUT2D eigenvalue weighted by Crippen LogP contribution is -2.17. The van der Waals surface area contributed by atoms with Crippen LogP contribution >= 0.6 is 11.8 Å². The quantitative estimate of drug-likeness (QED) is 0.424. The third-order valence-electron chi connectivity index (χ3n) is 5.25. The van der Waals surface area contributed by atoms with Crippen molar-refractivity contribution in [1.29, 1.82) is 0 Å². The first-order valence-corrected chi connectivity index (χ1v) is 10.5. The third kappa shape index (κ3) is 5.51. The smallest absolute Gasteiger partial charge is 0.254 e. The molecule has 0 radical (unpaired) electrons. The van der Waals surface area contributed by atoms with E-state index < -0.39 is 0 Å². The number of hydrogen-bond donors (Lipinski definition) is 1. The lowest BCUT2D eigenvalue weighted by Gasteiger charge is -2.21. The Kier molecular flexibility index (Phi) is 6.83. The van der Waals surface area contributed by atoms with E-state index in [0.29, 0.717) is 16.3 Å². The molecule has 1 N–H and O–H groups in total. The average molecular weight is 389 g/mol. The number of nitrogens with zero attached hydrogens (tertiary/aromatic N) is 1. The van der Waals surface area contributed by atoms with Crippen molar-refractivity contribution in [2.75, 3.05) is 5.75 Å². The van der Waals surface area contributed by atoms with Gasteiger partial charge >= 0.3 is 0 Å². The SMILES string of the molecule is Cc1c(CCC2CCCCC2)nc(SCC(=O)c2ccc(F)cc2)[nH]c1=O. The van der Waals surface area contributed by atoms with Crippen molar-refractivity contribution in [2.24, 2.45) is 5.92 Å². The van der Waals surface area contributed by atoms with Crippen LogP contribution in [0.2, 0.25) is 0 Å². The first kappa shape index (κ1) is 19.8. The summed E-state index contributed by atoms with van der Waals surface area (Å²) >= 11 is 1.22. The number of aromatic amines is 1. The van der Waals surface area contributed by atoms with Gasteiger partial charge in [-0.1, -0.05) is 43.9 Å². The minimum Gasteiger partial charge on any atom is -0.301 e. The highest BCUT2D eigenvalue weighted by molar-refractivity contribution is 7.99. The van der Waals surface area contributed by atoms with Crippen LogP contribution in [0.25, 0.3) is 0 Å². The Morgan fingerprint density at radius 3 is 2.63 bits per heavy atom. The van der Waals surface area contributed by atoms with Gasteiger partial charge in [0.1, 0.15) is 5.82 Å². The molecule has 1 aromatic heterocycles. The number of rotatable bonds is 7. The van der Waals surface area contributed by atoms with Crippen molar-refractivity contribution in [3.05, 3.63) is 57.3 Å². The molecule has 0 atom stereocenters. The number of carbonyl (C=O) groups is 1. The van der Waals surface area contributed by atoms with Crippen molar-refractivity contribution in [3.8, 4) is 0 Å². The fourth-order valence-corrected chi connectivity index (χ4v) is 4.31. The Morgan fingerprint density at radius 2 is 1.93 bits per heavy atom. The van der Waals surface area contributed by atoms with E-state index in [1.54, 1.807) is 6.92 Å². The summed E-state index contributed by atoms with van der Waals surface area (Å²) in [5.41, 5.74) is 1.82. The number of halogens is 1. The molecule has 0 bridgehead atoms. The maximum absolute atomic E-state index is 13.0. The van der Waals surface area contributed by atoms with Gasteiger partial charge in [0.25, 0.3) is 5.56 Å². The van der Waals surface area contributed by atoms with E-state index in [0.717, 1.165) is 24.5 Å². The Bertz CT molecular complexity index is 842. The van der Waals surface area contributed by atoms with Crippen LogP contribution in [-0.2, 0) is 6.42 Å². The monoisotopic (exact) mass is 388 g/mol. The van der Waals surface area contributed by atoms with Gasteiger partial charge in [0.15, 0.2) is 10.9 Å². The van der Waals surface area contributed by atoms with E-state index in [2.05, 4.69) is 9.97 Å². The van der Waals surface area contributed by atoms with Crippen LogP contribution in [0.15, 0.2) is 34.2 Å². The largest absolute Gasteiger partial charge is 0.301 e. The highest BCUT2D eigenvalue weighted by atomic mass is 32.2. The number of hydrogen-bond acceptors (Lipinski definition) is 4. The molecule has 3 rings (SSSR count). The lowest BCUT2D eigenvalue weighted by atomic mass is 9.85. The maximum Gasteiger partial charge on any atom is 0.254 e. The molecule has 6 heteroatoms. The van der Waals surface area contributed by atoms with Gasteiger partial charge in [-0.25, -0.2) is 9.37 Å². The molecular formula is C21H25FN2O2S. The van der Waals surface area contributed by atoms with Crippen molar-refractivity contribution in [1.82, 2.24) is 9.97 Å². The first-order valence-electron chi connectivity index (χ1n) is 9.54. The standard InChI is InChI=1S/C21H25FN2O2S/c1-14-18(12-7-15-5-3-2-4-6-15)23-21(24-20(14)26)27-13-19(25)16-8-10-17(22)11-9-16/h8-11,15H,2-7,12-13H2,1H3,(H,23,24,26). The molecule has 2 aromatic rings. The van der Waals surface area contributed by atoms with Crippen molar-refractivity contribution < 1.29 is 9.18 Å². The minimum atomic E-state index is -0.369. The second kappa shape index (κ2) is 9.31. The second-order valence-electron chi connectivity index (χ2n) is 7.20. The van der Waals surface area contributed by atoms with Gasteiger partial charge in [0.05, 0.1) is 11.4 Å². The summed E-state index contributed by atoms with van der Waals surface area (Å²) in [4.78, 5) is 31.8. The molecule has 1 aliphatic rings. The summed E-state index contributed by atoms with van der Waals surface area (Å²) in [7, 11) is 0. The summed E-state index contributed by atoms with van der Waals surface area (Å²) in [6, 6.07) is 5.48. The number of aryl methyl sites for hydroxylation is 1. The third-order valence-corrected chi connectivity index (χ3v) is 6.12. The highest BCUT2D eigenvalue weighted by Gasteiger charge is 2.16. The normalized spacial score (nSPS) is 15.0. The van der Waals surface area contributed by atoms with Gasteiger partial charge in [0, 0.05) is 11.1 Å². The van der Waals surface area contributed by atoms with E-state index in [-0.39, 0.29) is 22.9 Å². The van der Waals surface area contributed by atoms with E-state index in [1.807, 2.05) is 0 Å². The zero-order chi connectivity index (χ0) is 19.2. The molecule has 1 fully saturated rings. The van der Waals surface area contributed by atoms with Gasteiger partial charge in [-0.3, -0.25) is 9.59 Å². The van der Waals surface area contributed by atoms with Crippen molar-refractivity contribution >= 4 is 17.5 Å². The van der Waals surface area contributed by atoms with Crippen LogP contribution in [0.5, 0.6) is 0 Å². The number of benzene rings is 1. The topological polar surface area (TPSA) is 62.8 Å². The number of H-pyrrole nitrogens is 1. The molecule has 0 aliphatic heterocycles. The first-order chi connectivity index (χ1) is 13.0. The molecule has 1 aliphatic carbocycles. The zero-order valence-electron chi connectivity index (χ0n) is 15.6. The molecule has 1 aromatic carbocycles. The van der Waals surface area contributed by atoms with E-state index in [1.165, 1.54) is 68.1 Å². The van der Waals surface area contributed by atoms with E-state index in [9.17, 15) is 14.0 Å². The summed E-state index contributed by atoms with van der Waals surface area (Å²) in [6.45, 7) is 1.81. The molecule has 1 saturated carbocycles. The summed E-state index contributed by atoms with van der Waals surface area (Å²) < 4.78 is 13.0. The molecule has 4 nitrogen and oxygen atoms in total. The fourth-order valence-electron chi connectivity index (χ4n) is 3.54.